The van der Waals surface area contributed by atoms with Crippen LogP contribution < -0.4 is 11.1 Å². The minimum absolute atomic E-state index is 0.0692. The molecule has 1 aromatic rings. The number of benzene rings is 1. The van der Waals surface area contributed by atoms with Crippen LogP contribution in [0.4, 0.5) is 5.69 Å². The van der Waals surface area contributed by atoms with Crippen molar-refractivity contribution < 1.29 is 4.79 Å². The average Bonchev–Trinajstić information content (AvgIpc) is 2.73. The number of nitrogens with two attached hydrogens (primary N) is 1. The van der Waals surface area contributed by atoms with Crippen LogP contribution in [0.2, 0.25) is 0 Å². The summed E-state index contributed by atoms with van der Waals surface area (Å²) >= 11 is 1.46. The number of nitrogen functional groups attached to an aromatic ring is 1. The van der Waals surface area contributed by atoms with Crippen molar-refractivity contribution in [1.29, 1.82) is 5.26 Å². The Bertz CT molecular complexity index is 513. The van der Waals surface area contributed by atoms with Crippen molar-refractivity contribution in [2.45, 2.75) is 49.0 Å². The molecule has 0 saturated heterocycles. The van der Waals surface area contributed by atoms with E-state index in [-0.39, 0.29) is 5.91 Å². The molecule has 3 N–H and O–H groups in total. The van der Waals surface area contributed by atoms with E-state index in [1.807, 2.05) is 24.3 Å². The molecular formula is C16H21N3OS. The van der Waals surface area contributed by atoms with Gasteiger partial charge in [-0.3, -0.25) is 4.79 Å². The number of nitriles is 1. The van der Waals surface area contributed by atoms with Gasteiger partial charge >= 0.3 is 0 Å². The molecule has 1 aliphatic carbocycles. The molecule has 0 aliphatic heterocycles. The molecule has 0 atom stereocenters. The Morgan fingerprint density at radius 3 is 2.43 bits per heavy atom. The SMILES string of the molecule is N#CC1(NC(=O)CSc2ccc(N)cc2)CCCCCC1. The minimum Gasteiger partial charge on any atom is -0.399 e. The fourth-order valence-electron chi connectivity index (χ4n) is 2.61. The first-order valence-corrected chi connectivity index (χ1v) is 8.33. The highest BCUT2D eigenvalue weighted by atomic mass is 32.2. The number of carbonyl (C=O) groups is 1. The van der Waals surface area contributed by atoms with Crippen LogP contribution in [0.25, 0.3) is 0 Å². The first-order chi connectivity index (χ1) is 10.1. The Morgan fingerprint density at radius 1 is 1.24 bits per heavy atom. The van der Waals surface area contributed by atoms with Crippen LogP contribution in [0.5, 0.6) is 0 Å². The molecule has 5 heteroatoms. The van der Waals surface area contributed by atoms with E-state index in [1.165, 1.54) is 11.8 Å². The lowest BCUT2D eigenvalue weighted by Gasteiger charge is -2.26. The summed E-state index contributed by atoms with van der Waals surface area (Å²) < 4.78 is 0. The zero-order valence-corrected chi connectivity index (χ0v) is 12.9. The number of nitrogens with one attached hydrogen (secondary N) is 1. The summed E-state index contributed by atoms with van der Waals surface area (Å²) in [7, 11) is 0. The standard InChI is InChI=1S/C16H21N3OS/c17-12-16(9-3-1-2-4-10-16)19-15(20)11-21-14-7-5-13(18)6-8-14/h5-8H,1-4,9-11,18H2,(H,19,20). The molecule has 0 heterocycles. The summed E-state index contributed by atoms with van der Waals surface area (Å²) in [6, 6.07) is 9.78. The van der Waals surface area contributed by atoms with Gasteiger partial charge in [0.25, 0.3) is 0 Å². The Labute approximate surface area is 130 Å². The van der Waals surface area contributed by atoms with E-state index in [1.54, 1.807) is 0 Å². The van der Waals surface area contributed by atoms with E-state index in [4.69, 9.17) is 5.73 Å². The third-order valence-electron chi connectivity index (χ3n) is 3.80. The lowest BCUT2D eigenvalue weighted by atomic mass is 9.92. The van der Waals surface area contributed by atoms with E-state index < -0.39 is 5.54 Å². The molecule has 21 heavy (non-hydrogen) atoms. The Balaban J connectivity index is 1.88. The molecule has 0 spiro atoms. The number of hydrogen-bond donors (Lipinski definition) is 2. The van der Waals surface area contributed by atoms with Crippen molar-refractivity contribution in [3.05, 3.63) is 24.3 Å². The summed E-state index contributed by atoms with van der Waals surface area (Å²) in [5.74, 6) is 0.258. The predicted octanol–water partition coefficient (Wildman–Crippen LogP) is 3.09. The van der Waals surface area contributed by atoms with Gasteiger partial charge < -0.3 is 11.1 Å². The molecule has 2 rings (SSSR count). The van der Waals surface area contributed by atoms with Crippen molar-refractivity contribution in [2.75, 3.05) is 11.5 Å². The highest BCUT2D eigenvalue weighted by Gasteiger charge is 2.32. The van der Waals surface area contributed by atoms with Crippen molar-refractivity contribution in [3.63, 3.8) is 0 Å². The van der Waals surface area contributed by atoms with E-state index in [0.29, 0.717) is 11.4 Å². The second-order valence-electron chi connectivity index (χ2n) is 5.51. The first-order valence-electron chi connectivity index (χ1n) is 7.34. The summed E-state index contributed by atoms with van der Waals surface area (Å²) in [5, 5.41) is 12.4. The van der Waals surface area contributed by atoms with Gasteiger partial charge in [0.15, 0.2) is 0 Å². The molecule has 0 bridgehead atoms. The van der Waals surface area contributed by atoms with E-state index in [9.17, 15) is 10.1 Å². The van der Waals surface area contributed by atoms with E-state index in [2.05, 4.69) is 11.4 Å². The third kappa shape index (κ3) is 4.68. The number of anilines is 1. The van der Waals surface area contributed by atoms with Crippen LogP contribution in [0.1, 0.15) is 38.5 Å². The molecule has 1 fully saturated rings. The van der Waals surface area contributed by atoms with Gasteiger partial charge in [-0.2, -0.15) is 5.26 Å². The largest absolute Gasteiger partial charge is 0.399 e. The summed E-state index contributed by atoms with van der Waals surface area (Å²) in [6.07, 6.45) is 5.86. The topological polar surface area (TPSA) is 78.9 Å². The Morgan fingerprint density at radius 2 is 1.86 bits per heavy atom. The smallest absolute Gasteiger partial charge is 0.231 e. The average molecular weight is 303 g/mol. The lowest BCUT2D eigenvalue weighted by Crippen LogP contribution is -2.47. The first kappa shape index (κ1) is 15.7. The predicted molar refractivity (Wildman–Crippen MR) is 85.8 cm³/mol. The van der Waals surface area contributed by atoms with Crippen LogP contribution in [-0.2, 0) is 4.79 Å². The Kier molecular flexibility index (Phi) is 5.51. The van der Waals surface area contributed by atoms with Gasteiger partial charge in [-0.1, -0.05) is 25.7 Å². The maximum atomic E-state index is 12.1. The van der Waals surface area contributed by atoms with Crippen molar-refractivity contribution in [3.8, 4) is 6.07 Å². The van der Waals surface area contributed by atoms with Gasteiger partial charge in [-0.05, 0) is 37.1 Å². The molecule has 112 valence electrons. The Hall–Kier alpha value is -1.67. The zero-order chi connectivity index (χ0) is 15.1. The molecule has 1 aliphatic rings. The van der Waals surface area contributed by atoms with Crippen LogP contribution >= 0.6 is 11.8 Å². The number of carbonyl (C=O) groups excluding carboxylic acids is 1. The van der Waals surface area contributed by atoms with Gasteiger partial charge in [-0.15, -0.1) is 11.8 Å². The number of thioether (sulfide) groups is 1. The summed E-state index contributed by atoms with van der Waals surface area (Å²) in [6.45, 7) is 0. The molecule has 1 aromatic carbocycles. The zero-order valence-electron chi connectivity index (χ0n) is 12.1. The van der Waals surface area contributed by atoms with Gasteiger partial charge in [-0.25, -0.2) is 0 Å². The molecule has 4 nitrogen and oxygen atoms in total. The van der Waals surface area contributed by atoms with Gasteiger partial charge in [0.1, 0.15) is 5.54 Å². The molecular weight excluding hydrogens is 282 g/mol. The fourth-order valence-corrected chi connectivity index (χ4v) is 3.31. The minimum atomic E-state index is -0.657. The second-order valence-corrected chi connectivity index (χ2v) is 6.56. The van der Waals surface area contributed by atoms with Crippen molar-refractivity contribution in [2.24, 2.45) is 0 Å². The van der Waals surface area contributed by atoms with Crippen molar-refractivity contribution >= 4 is 23.4 Å². The maximum absolute atomic E-state index is 12.1. The molecule has 0 aromatic heterocycles. The van der Waals surface area contributed by atoms with Crippen molar-refractivity contribution in [1.82, 2.24) is 5.32 Å². The van der Waals surface area contributed by atoms with Crippen LogP contribution in [0.15, 0.2) is 29.2 Å². The number of amides is 1. The fraction of sp³-hybridized carbons (Fsp3) is 0.500. The van der Waals surface area contributed by atoms with Crippen LogP contribution in [-0.4, -0.2) is 17.2 Å². The summed E-state index contributed by atoms with van der Waals surface area (Å²) in [5.41, 5.74) is 5.69. The number of rotatable bonds is 4. The molecule has 0 radical (unpaired) electrons. The highest BCUT2D eigenvalue weighted by molar-refractivity contribution is 8.00. The summed E-state index contributed by atoms with van der Waals surface area (Å²) in [4.78, 5) is 13.1. The second kappa shape index (κ2) is 7.37. The van der Waals surface area contributed by atoms with Gasteiger partial charge in [0, 0.05) is 10.6 Å². The van der Waals surface area contributed by atoms with Crippen LogP contribution in [0.3, 0.4) is 0 Å². The van der Waals surface area contributed by atoms with Crippen LogP contribution in [0, 0.1) is 11.3 Å². The molecule has 1 saturated carbocycles. The normalized spacial score (nSPS) is 17.5. The molecule has 0 unspecified atom stereocenters. The molecule has 1 amide bonds. The third-order valence-corrected chi connectivity index (χ3v) is 4.81. The quantitative estimate of drug-likeness (QED) is 0.509. The monoisotopic (exact) mass is 303 g/mol. The number of hydrogen-bond acceptors (Lipinski definition) is 4. The van der Waals surface area contributed by atoms with Gasteiger partial charge in [0.2, 0.25) is 5.91 Å². The van der Waals surface area contributed by atoms with E-state index >= 15 is 0 Å². The number of nitrogens with zero attached hydrogens (tertiary/aromatic N) is 1. The maximum Gasteiger partial charge on any atom is 0.231 e. The van der Waals surface area contributed by atoms with E-state index in [0.717, 1.165) is 43.4 Å². The highest BCUT2D eigenvalue weighted by Crippen LogP contribution is 2.27. The lowest BCUT2D eigenvalue weighted by molar-refractivity contribution is -0.120. The van der Waals surface area contributed by atoms with Gasteiger partial charge in [0.05, 0.1) is 11.8 Å².